The second-order valence-corrected chi connectivity index (χ2v) is 17.5. The molecular weight excluding hydrogens is 762 g/mol. The van der Waals surface area contributed by atoms with E-state index in [1.54, 1.807) is 107 Å². The summed E-state index contributed by atoms with van der Waals surface area (Å²) in [6.07, 6.45) is 1.95. The number of amidine groups is 1. The second kappa shape index (κ2) is 21.9. The number of carbonyl (C=O) groups is 4. The Bertz CT molecular complexity index is 1410. The number of nitrogens with zero attached hydrogens (tertiary/aromatic N) is 3. The summed E-state index contributed by atoms with van der Waals surface area (Å²) in [7, 11) is 0. The first-order valence-corrected chi connectivity index (χ1v) is 19.6. The van der Waals surface area contributed by atoms with Gasteiger partial charge in [0.2, 0.25) is 5.96 Å². The molecule has 14 nitrogen and oxygen atoms in total. The van der Waals surface area contributed by atoms with Crippen LogP contribution < -0.4 is 10.1 Å². The molecule has 0 bridgehead atoms. The van der Waals surface area contributed by atoms with E-state index >= 15 is 0 Å². The number of alkyl halides is 1. The number of hydrogen-bond acceptors (Lipinski definition) is 10. The van der Waals surface area contributed by atoms with Gasteiger partial charge in [-0.1, -0.05) is 35.2 Å². The van der Waals surface area contributed by atoms with E-state index in [9.17, 15) is 19.2 Å². The average Bonchev–Trinajstić information content (AvgIpc) is 2.98. The van der Waals surface area contributed by atoms with E-state index in [2.05, 4.69) is 26.2 Å². The molecule has 1 aromatic carbocycles. The number of benzene rings is 1. The minimum atomic E-state index is -0.974. The summed E-state index contributed by atoms with van der Waals surface area (Å²) >= 11 is 3.46. The lowest BCUT2D eigenvalue weighted by Crippen LogP contribution is -2.53. The predicted octanol–water partition coefficient (Wildman–Crippen LogP) is 9.81. The van der Waals surface area contributed by atoms with Gasteiger partial charge in [-0.2, -0.15) is 0 Å². The minimum absolute atomic E-state index is 0.0247. The number of hydrogen-bond donors (Lipinski definition) is 2. The fraction of sp³-hybridized carbons (Fsp3) is 0.692. The van der Waals surface area contributed by atoms with Gasteiger partial charge in [-0.15, -0.1) is 4.99 Å². The fourth-order valence-corrected chi connectivity index (χ4v) is 4.86. The Balaban J connectivity index is 3.30. The van der Waals surface area contributed by atoms with Crippen LogP contribution in [0.25, 0.3) is 0 Å². The van der Waals surface area contributed by atoms with Crippen LogP contribution in [-0.2, 0) is 18.9 Å². The lowest BCUT2D eigenvalue weighted by Gasteiger charge is -2.34. The van der Waals surface area contributed by atoms with Crippen LogP contribution in [0.3, 0.4) is 0 Å². The molecule has 4 amide bonds. The summed E-state index contributed by atoms with van der Waals surface area (Å²) in [5.41, 5.74) is -2.89. The molecule has 0 aliphatic rings. The Morgan fingerprint density at radius 1 is 0.648 bits per heavy atom. The summed E-state index contributed by atoms with van der Waals surface area (Å²) in [6.45, 7) is 21.1. The molecule has 0 saturated heterocycles. The summed E-state index contributed by atoms with van der Waals surface area (Å²) in [6, 6.07) is 6.65. The third-order valence-corrected chi connectivity index (χ3v) is 7.19. The van der Waals surface area contributed by atoms with E-state index in [1.165, 1.54) is 9.80 Å². The van der Waals surface area contributed by atoms with Crippen molar-refractivity contribution in [3.8, 4) is 5.75 Å². The molecule has 0 aliphatic carbocycles. The molecule has 0 aromatic heterocycles. The highest BCUT2D eigenvalue weighted by atomic mass is 79.9. The summed E-state index contributed by atoms with van der Waals surface area (Å²) in [5.74, 6) is 0.177. The third kappa shape index (κ3) is 21.7. The SMILES string of the molecule is CC(C)(C)OC(=O)/N=C(\N(CCCCCCCBr)C(=O)OC(C)(C)C)N(CCCCOc1ccc(C(=N)NC(=O)OC(C)(C)C)cc1)C(=O)OC(C)(C)C. The topological polar surface area (TPSA) is 169 Å². The quantitative estimate of drug-likeness (QED) is 0.0610. The minimum Gasteiger partial charge on any atom is -0.494 e. The van der Waals surface area contributed by atoms with Crippen LogP contribution in [-0.4, -0.2) is 93.4 Å². The standard InChI is InChI=1S/C39H64BrN5O9/c1-36(2,3)51-32(46)42-30(41)28-20-22-29(23-21-28)50-27-19-18-26-45(35(49)54-39(10,11)12)31(43-33(47)52-37(4,5)6)44(34(48)53-38(7,8)9)25-17-15-13-14-16-24-40/h20-23H,13-19,24-27H2,1-12H3,(H2,41,42,46)/b43-31+. The number of guanidine groups is 1. The van der Waals surface area contributed by atoms with Crippen molar-refractivity contribution >= 4 is 52.1 Å². The molecule has 1 aromatic rings. The van der Waals surface area contributed by atoms with E-state index in [0.29, 0.717) is 30.6 Å². The molecule has 2 N–H and O–H groups in total. The third-order valence-electron chi connectivity index (χ3n) is 6.62. The molecule has 1 rings (SSSR count). The number of halogens is 1. The van der Waals surface area contributed by atoms with E-state index in [1.807, 2.05) is 0 Å². The smallest absolute Gasteiger partial charge is 0.437 e. The van der Waals surface area contributed by atoms with Gasteiger partial charge in [-0.3, -0.25) is 10.7 Å². The van der Waals surface area contributed by atoms with Crippen molar-refractivity contribution in [1.29, 1.82) is 5.41 Å². The van der Waals surface area contributed by atoms with Gasteiger partial charge in [-0.05, 0) is 133 Å². The molecule has 0 saturated carbocycles. The average molecular weight is 827 g/mol. The number of alkyl carbamates (subject to hydrolysis) is 1. The predicted molar refractivity (Wildman–Crippen MR) is 214 cm³/mol. The fourth-order valence-electron chi connectivity index (χ4n) is 4.47. The molecular formula is C39H64BrN5O9. The number of aliphatic imine (C=N–C) groups is 1. The number of ether oxygens (including phenoxy) is 5. The monoisotopic (exact) mass is 825 g/mol. The van der Waals surface area contributed by atoms with Crippen molar-refractivity contribution in [1.82, 2.24) is 15.1 Å². The van der Waals surface area contributed by atoms with Gasteiger partial charge >= 0.3 is 24.4 Å². The number of nitrogens with one attached hydrogen (secondary N) is 2. The van der Waals surface area contributed by atoms with Gasteiger partial charge in [-0.25, -0.2) is 29.0 Å². The van der Waals surface area contributed by atoms with E-state index < -0.39 is 46.8 Å². The van der Waals surface area contributed by atoms with Gasteiger partial charge < -0.3 is 23.7 Å². The Labute approximate surface area is 330 Å². The van der Waals surface area contributed by atoms with Crippen LogP contribution in [0.1, 0.15) is 134 Å². The van der Waals surface area contributed by atoms with Crippen LogP contribution >= 0.6 is 15.9 Å². The molecule has 15 heteroatoms. The maximum Gasteiger partial charge on any atom is 0.437 e. The summed E-state index contributed by atoms with van der Waals surface area (Å²) in [4.78, 5) is 59.5. The van der Waals surface area contributed by atoms with E-state index in [-0.39, 0.29) is 31.5 Å². The summed E-state index contributed by atoms with van der Waals surface area (Å²) < 4.78 is 28.1. The van der Waals surface area contributed by atoms with Crippen molar-refractivity contribution in [2.45, 2.75) is 150 Å². The normalized spacial score (nSPS) is 12.4. The molecule has 0 heterocycles. The van der Waals surface area contributed by atoms with Gasteiger partial charge in [0.15, 0.2) is 0 Å². The van der Waals surface area contributed by atoms with Crippen molar-refractivity contribution in [3.63, 3.8) is 0 Å². The van der Waals surface area contributed by atoms with Gasteiger partial charge in [0.1, 0.15) is 34.0 Å². The molecule has 0 aliphatic heterocycles. The Hall–Kier alpha value is -3.88. The Kier molecular flexibility index (Phi) is 19.5. The highest BCUT2D eigenvalue weighted by molar-refractivity contribution is 9.09. The van der Waals surface area contributed by atoms with Crippen molar-refractivity contribution < 1.29 is 42.9 Å². The molecule has 0 radical (unpaired) electrons. The van der Waals surface area contributed by atoms with Crippen molar-refractivity contribution in [2.75, 3.05) is 25.0 Å². The highest BCUT2D eigenvalue weighted by Gasteiger charge is 2.35. The molecule has 0 fully saturated rings. The van der Waals surface area contributed by atoms with Crippen LogP contribution in [0.15, 0.2) is 29.3 Å². The number of rotatable bonds is 14. The number of carbonyl (C=O) groups excluding carboxylic acids is 4. The Morgan fingerprint density at radius 3 is 1.56 bits per heavy atom. The highest BCUT2D eigenvalue weighted by Crippen LogP contribution is 2.19. The Morgan fingerprint density at radius 2 is 1.09 bits per heavy atom. The van der Waals surface area contributed by atoms with Crippen LogP contribution in [0.2, 0.25) is 0 Å². The zero-order valence-electron chi connectivity index (χ0n) is 34.5. The molecule has 306 valence electrons. The first-order chi connectivity index (χ1) is 24.8. The number of unbranched alkanes of at least 4 members (excludes halogenated alkanes) is 5. The van der Waals surface area contributed by atoms with Crippen LogP contribution in [0, 0.1) is 5.41 Å². The van der Waals surface area contributed by atoms with Crippen LogP contribution in [0.4, 0.5) is 19.2 Å². The van der Waals surface area contributed by atoms with E-state index in [4.69, 9.17) is 29.1 Å². The lowest BCUT2D eigenvalue weighted by atomic mass is 10.1. The first-order valence-electron chi connectivity index (χ1n) is 18.5. The summed E-state index contributed by atoms with van der Waals surface area (Å²) in [5, 5.41) is 11.5. The lowest BCUT2D eigenvalue weighted by molar-refractivity contribution is 0.0270. The van der Waals surface area contributed by atoms with Crippen LogP contribution in [0.5, 0.6) is 5.75 Å². The largest absolute Gasteiger partial charge is 0.494 e. The van der Waals surface area contributed by atoms with Crippen molar-refractivity contribution in [3.05, 3.63) is 29.8 Å². The van der Waals surface area contributed by atoms with Gasteiger partial charge in [0.05, 0.1) is 6.61 Å². The molecule has 54 heavy (non-hydrogen) atoms. The molecule has 0 spiro atoms. The van der Waals surface area contributed by atoms with Gasteiger partial charge in [0, 0.05) is 24.0 Å². The van der Waals surface area contributed by atoms with E-state index in [0.717, 1.165) is 31.0 Å². The molecule has 0 unspecified atom stereocenters. The number of amides is 4. The zero-order chi connectivity index (χ0) is 41.3. The first kappa shape index (κ1) is 48.1. The maximum absolute atomic E-state index is 13.8. The second-order valence-electron chi connectivity index (χ2n) is 16.7. The van der Waals surface area contributed by atoms with Gasteiger partial charge in [0.25, 0.3) is 0 Å². The maximum atomic E-state index is 13.8. The molecule has 0 atom stereocenters. The van der Waals surface area contributed by atoms with Crippen molar-refractivity contribution in [2.24, 2.45) is 4.99 Å². The zero-order valence-corrected chi connectivity index (χ0v) is 36.1.